The third-order valence-corrected chi connectivity index (χ3v) is 1.93. The minimum atomic E-state index is 0.777. The van der Waals surface area contributed by atoms with E-state index in [2.05, 4.69) is 18.1 Å². The molecule has 0 saturated heterocycles. The Labute approximate surface area is 73.6 Å². The second-order valence-corrected chi connectivity index (χ2v) is 3.15. The van der Waals surface area contributed by atoms with E-state index in [1.165, 1.54) is 5.69 Å². The van der Waals surface area contributed by atoms with Crippen molar-refractivity contribution in [1.29, 1.82) is 0 Å². The molecule has 3 nitrogen and oxygen atoms in total. The van der Waals surface area contributed by atoms with Crippen molar-refractivity contribution >= 4 is 0 Å². The highest BCUT2D eigenvalue weighted by Crippen LogP contribution is 2.03. The van der Waals surface area contributed by atoms with Crippen molar-refractivity contribution < 1.29 is 0 Å². The van der Waals surface area contributed by atoms with Crippen LogP contribution in [0.15, 0.2) is 6.07 Å². The van der Waals surface area contributed by atoms with Gasteiger partial charge in [0.05, 0.1) is 5.69 Å². The van der Waals surface area contributed by atoms with Gasteiger partial charge in [0, 0.05) is 12.2 Å². The zero-order valence-electron chi connectivity index (χ0n) is 7.88. The van der Waals surface area contributed by atoms with Crippen LogP contribution in [0, 0.1) is 13.8 Å². The van der Waals surface area contributed by atoms with Gasteiger partial charge in [0.2, 0.25) is 0 Å². The van der Waals surface area contributed by atoms with E-state index in [1.807, 2.05) is 11.6 Å². The number of hydrogen-bond donors (Lipinski definition) is 1. The van der Waals surface area contributed by atoms with Gasteiger partial charge >= 0.3 is 0 Å². The van der Waals surface area contributed by atoms with Gasteiger partial charge in [0.15, 0.2) is 0 Å². The quantitative estimate of drug-likeness (QED) is 0.686. The average molecular weight is 167 g/mol. The number of aromatic nitrogens is 2. The summed E-state index contributed by atoms with van der Waals surface area (Å²) in [7, 11) is 0. The van der Waals surface area contributed by atoms with E-state index in [1.54, 1.807) is 0 Å². The zero-order valence-corrected chi connectivity index (χ0v) is 7.88. The summed E-state index contributed by atoms with van der Waals surface area (Å²) in [5, 5.41) is 4.36. The van der Waals surface area contributed by atoms with Gasteiger partial charge in [-0.3, -0.25) is 4.68 Å². The van der Waals surface area contributed by atoms with Crippen molar-refractivity contribution in [1.82, 2.24) is 9.78 Å². The minimum Gasteiger partial charge on any atom is -0.330 e. The van der Waals surface area contributed by atoms with Crippen LogP contribution in [0.3, 0.4) is 0 Å². The number of rotatable bonds is 4. The van der Waals surface area contributed by atoms with Crippen LogP contribution in [0.1, 0.15) is 24.2 Å². The molecule has 0 aliphatic carbocycles. The van der Waals surface area contributed by atoms with E-state index in [4.69, 9.17) is 5.73 Å². The second-order valence-electron chi connectivity index (χ2n) is 3.15. The highest BCUT2D eigenvalue weighted by Gasteiger charge is 1.98. The molecule has 0 fully saturated rings. The van der Waals surface area contributed by atoms with Crippen molar-refractivity contribution in [2.75, 3.05) is 6.54 Å². The fraction of sp³-hybridized carbons (Fsp3) is 0.667. The molecule has 68 valence electrons. The van der Waals surface area contributed by atoms with Crippen LogP contribution >= 0.6 is 0 Å². The monoisotopic (exact) mass is 167 g/mol. The summed E-state index contributed by atoms with van der Waals surface area (Å²) >= 11 is 0. The van der Waals surface area contributed by atoms with Crippen LogP contribution in [0.25, 0.3) is 0 Å². The van der Waals surface area contributed by atoms with E-state index in [9.17, 15) is 0 Å². The molecule has 12 heavy (non-hydrogen) atoms. The van der Waals surface area contributed by atoms with E-state index in [0.717, 1.165) is 31.6 Å². The Morgan fingerprint density at radius 3 is 2.67 bits per heavy atom. The third-order valence-electron chi connectivity index (χ3n) is 1.93. The number of nitrogens with two attached hydrogens (primary N) is 1. The first-order chi connectivity index (χ1) is 5.74. The number of nitrogens with zero attached hydrogens (tertiary/aromatic N) is 2. The topological polar surface area (TPSA) is 43.8 Å². The molecule has 0 atom stereocenters. The van der Waals surface area contributed by atoms with Gasteiger partial charge in [-0.25, -0.2) is 0 Å². The standard InChI is InChI=1S/C9H17N3/c1-8-7-9(2)12(11-8)6-4-3-5-10/h7H,3-6,10H2,1-2H3. The predicted octanol–water partition coefficient (Wildman–Crippen LogP) is 1.24. The Hall–Kier alpha value is -0.830. The molecule has 0 amide bonds. The first-order valence-electron chi connectivity index (χ1n) is 4.45. The molecule has 0 radical (unpaired) electrons. The molecule has 1 heterocycles. The van der Waals surface area contributed by atoms with Gasteiger partial charge < -0.3 is 5.73 Å². The van der Waals surface area contributed by atoms with Crippen molar-refractivity contribution in [2.45, 2.75) is 33.2 Å². The van der Waals surface area contributed by atoms with Crippen LogP contribution < -0.4 is 5.73 Å². The Kier molecular flexibility index (Phi) is 3.29. The van der Waals surface area contributed by atoms with Crippen molar-refractivity contribution in [3.05, 3.63) is 17.5 Å². The first-order valence-corrected chi connectivity index (χ1v) is 4.45. The molecule has 0 aliphatic rings. The Balaban J connectivity index is 2.45. The molecule has 0 saturated carbocycles. The number of hydrogen-bond acceptors (Lipinski definition) is 2. The van der Waals surface area contributed by atoms with Gasteiger partial charge in [-0.15, -0.1) is 0 Å². The lowest BCUT2D eigenvalue weighted by molar-refractivity contribution is 0.547. The van der Waals surface area contributed by atoms with Gasteiger partial charge in [-0.05, 0) is 39.3 Å². The molecule has 0 bridgehead atoms. The summed E-state index contributed by atoms with van der Waals surface area (Å²) in [6, 6.07) is 2.10. The maximum Gasteiger partial charge on any atom is 0.0596 e. The third kappa shape index (κ3) is 2.34. The zero-order chi connectivity index (χ0) is 8.97. The Morgan fingerprint density at radius 2 is 2.17 bits per heavy atom. The molecule has 0 aliphatic heterocycles. The van der Waals surface area contributed by atoms with Crippen molar-refractivity contribution in [2.24, 2.45) is 5.73 Å². The molecule has 1 aromatic heterocycles. The summed E-state index contributed by atoms with van der Waals surface area (Å²) in [6.07, 6.45) is 2.21. The molecular formula is C9H17N3. The molecule has 1 rings (SSSR count). The largest absolute Gasteiger partial charge is 0.330 e. The molecule has 0 spiro atoms. The smallest absolute Gasteiger partial charge is 0.0596 e. The maximum absolute atomic E-state index is 5.41. The van der Waals surface area contributed by atoms with E-state index in [0.29, 0.717) is 0 Å². The van der Waals surface area contributed by atoms with Gasteiger partial charge in [-0.1, -0.05) is 0 Å². The van der Waals surface area contributed by atoms with Crippen LogP contribution in [0.5, 0.6) is 0 Å². The molecule has 0 unspecified atom stereocenters. The summed E-state index contributed by atoms with van der Waals surface area (Å²) < 4.78 is 2.05. The van der Waals surface area contributed by atoms with E-state index < -0.39 is 0 Å². The van der Waals surface area contributed by atoms with E-state index >= 15 is 0 Å². The Bertz CT molecular complexity index is 240. The van der Waals surface area contributed by atoms with Crippen LogP contribution in [0.4, 0.5) is 0 Å². The normalized spacial score (nSPS) is 10.6. The highest BCUT2D eigenvalue weighted by atomic mass is 15.3. The van der Waals surface area contributed by atoms with Crippen molar-refractivity contribution in [3.8, 4) is 0 Å². The van der Waals surface area contributed by atoms with Crippen LogP contribution in [0.2, 0.25) is 0 Å². The highest BCUT2D eigenvalue weighted by molar-refractivity contribution is 5.06. The van der Waals surface area contributed by atoms with E-state index in [-0.39, 0.29) is 0 Å². The fourth-order valence-electron chi connectivity index (χ4n) is 1.31. The Morgan fingerprint density at radius 1 is 1.42 bits per heavy atom. The molecule has 3 heteroatoms. The minimum absolute atomic E-state index is 0.777. The lowest BCUT2D eigenvalue weighted by Gasteiger charge is -2.02. The first kappa shape index (κ1) is 9.26. The van der Waals surface area contributed by atoms with Gasteiger partial charge in [0.1, 0.15) is 0 Å². The summed E-state index contributed by atoms with van der Waals surface area (Å²) in [5.74, 6) is 0. The summed E-state index contributed by atoms with van der Waals surface area (Å²) in [6.45, 7) is 5.88. The molecular weight excluding hydrogens is 150 g/mol. The SMILES string of the molecule is Cc1cc(C)n(CCCCN)n1. The lowest BCUT2D eigenvalue weighted by atomic mass is 10.3. The fourth-order valence-corrected chi connectivity index (χ4v) is 1.31. The predicted molar refractivity (Wildman–Crippen MR) is 50.0 cm³/mol. The average Bonchev–Trinajstić information content (AvgIpc) is 2.31. The maximum atomic E-state index is 5.41. The lowest BCUT2D eigenvalue weighted by Crippen LogP contribution is -2.05. The van der Waals surface area contributed by atoms with Gasteiger partial charge in [-0.2, -0.15) is 5.10 Å². The van der Waals surface area contributed by atoms with Gasteiger partial charge in [0.25, 0.3) is 0 Å². The number of aryl methyl sites for hydroxylation is 3. The molecule has 1 aromatic rings. The van der Waals surface area contributed by atoms with Crippen molar-refractivity contribution in [3.63, 3.8) is 0 Å². The van der Waals surface area contributed by atoms with Crippen LogP contribution in [-0.4, -0.2) is 16.3 Å². The second kappa shape index (κ2) is 4.26. The number of unbranched alkanes of at least 4 members (excludes halogenated alkanes) is 1. The summed E-state index contributed by atoms with van der Waals surface area (Å²) in [4.78, 5) is 0. The van der Waals surface area contributed by atoms with Crippen LogP contribution in [-0.2, 0) is 6.54 Å². The molecule has 2 N–H and O–H groups in total. The summed E-state index contributed by atoms with van der Waals surface area (Å²) in [5.41, 5.74) is 7.74. The molecule has 0 aromatic carbocycles.